The molecule has 0 spiro atoms. The number of nitrogens with zero attached hydrogens (tertiary/aromatic N) is 1. The highest BCUT2D eigenvalue weighted by Gasteiger charge is 2.48. The summed E-state index contributed by atoms with van der Waals surface area (Å²) in [5.41, 5.74) is 3.77. The highest BCUT2D eigenvalue weighted by Crippen LogP contribution is 2.42. The molecule has 1 aliphatic carbocycles. The fourth-order valence-corrected chi connectivity index (χ4v) is 2.69. The van der Waals surface area contributed by atoms with E-state index in [0.717, 1.165) is 24.4 Å². The third-order valence-corrected chi connectivity index (χ3v) is 4.27. The van der Waals surface area contributed by atoms with Crippen LogP contribution in [0.3, 0.4) is 0 Å². The van der Waals surface area contributed by atoms with Crippen LogP contribution in [0.4, 0.5) is 0 Å². The number of rotatable bonds is 4. The summed E-state index contributed by atoms with van der Waals surface area (Å²) in [4.78, 5) is 0. The lowest BCUT2D eigenvalue weighted by Crippen LogP contribution is -2.60. The first-order valence-electron chi connectivity index (χ1n) is 6.23. The summed E-state index contributed by atoms with van der Waals surface area (Å²) in [5.74, 6) is 0. The van der Waals surface area contributed by atoms with Crippen LogP contribution in [0.25, 0.3) is 0 Å². The Hall–Kier alpha value is -0.870. The van der Waals surface area contributed by atoms with E-state index in [2.05, 4.69) is 36.3 Å². The number of hydrogen-bond acceptors (Lipinski definition) is 3. The first-order valence-corrected chi connectivity index (χ1v) is 6.23. The molecule has 0 saturated heterocycles. The minimum atomic E-state index is 0.223. The van der Waals surface area contributed by atoms with Gasteiger partial charge in [0.05, 0.1) is 11.8 Å². The van der Waals surface area contributed by atoms with Gasteiger partial charge in [0.1, 0.15) is 0 Å². The number of aryl methyl sites for hydroxylation is 2. The van der Waals surface area contributed by atoms with Crippen LogP contribution in [0.5, 0.6) is 0 Å². The maximum absolute atomic E-state index is 5.46. The topological polar surface area (TPSA) is 49.9 Å². The Morgan fingerprint density at radius 1 is 1.47 bits per heavy atom. The Kier molecular flexibility index (Phi) is 3.27. The molecule has 17 heavy (non-hydrogen) atoms. The van der Waals surface area contributed by atoms with Crippen LogP contribution in [-0.2, 0) is 11.3 Å². The minimum Gasteiger partial charge on any atom is -0.381 e. The normalized spacial score (nSPS) is 26.9. The smallest absolute Gasteiger partial charge is 0.0652 e. The molecule has 1 aliphatic rings. The zero-order chi connectivity index (χ0) is 12.6. The van der Waals surface area contributed by atoms with Crippen molar-refractivity contribution in [2.45, 2.75) is 52.8 Å². The Morgan fingerprint density at radius 2 is 2.18 bits per heavy atom. The van der Waals surface area contributed by atoms with Crippen LogP contribution in [0.2, 0.25) is 0 Å². The van der Waals surface area contributed by atoms with E-state index in [0.29, 0.717) is 12.1 Å². The summed E-state index contributed by atoms with van der Waals surface area (Å²) in [7, 11) is 1.80. The van der Waals surface area contributed by atoms with Gasteiger partial charge >= 0.3 is 0 Å². The number of nitrogens with one attached hydrogen (secondary N) is 2. The van der Waals surface area contributed by atoms with Crippen LogP contribution in [0, 0.1) is 19.3 Å². The molecule has 2 N–H and O–H groups in total. The van der Waals surface area contributed by atoms with Gasteiger partial charge < -0.3 is 10.1 Å². The molecule has 2 rings (SSSR count). The molecule has 0 bridgehead atoms. The van der Waals surface area contributed by atoms with Crippen molar-refractivity contribution in [2.75, 3.05) is 7.11 Å². The molecule has 1 heterocycles. The molecule has 0 amide bonds. The standard InChI is InChI=1S/C13H23N3O/c1-8-10(9(2)16-15-8)7-14-11-6-12(17-5)13(11,3)4/h11-12,14H,6-7H2,1-5H3,(H,15,16). The number of H-pyrrole nitrogens is 1. The number of hydrogen-bond donors (Lipinski definition) is 2. The molecule has 4 heteroatoms. The number of aromatic amines is 1. The summed E-state index contributed by atoms with van der Waals surface area (Å²) >= 11 is 0. The molecule has 0 aromatic carbocycles. The second kappa shape index (κ2) is 4.42. The van der Waals surface area contributed by atoms with Gasteiger partial charge in [-0.3, -0.25) is 5.10 Å². The van der Waals surface area contributed by atoms with Gasteiger partial charge in [0.25, 0.3) is 0 Å². The van der Waals surface area contributed by atoms with Gasteiger partial charge in [0.15, 0.2) is 0 Å². The van der Waals surface area contributed by atoms with E-state index in [9.17, 15) is 0 Å². The van der Waals surface area contributed by atoms with Crippen molar-refractivity contribution in [3.63, 3.8) is 0 Å². The monoisotopic (exact) mass is 237 g/mol. The van der Waals surface area contributed by atoms with E-state index in [1.165, 1.54) is 5.56 Å². The van der Waals surface area contributed by atoms with E-state index in [-0.39, 0.29) is 5.41 Å². The molecule has 0 aliphatic heterocycles. The number of methoxy groups -OCH3 is 1. The van der Waals surface area contributed by atoms with Crippen LogP contribution in [0.1, 0.15) is 37.2 Å². The van der Waals surface area contributed by atoms with E-state index in [4.69, 9.17) is 4.74 Å². The molecule has 96 valence electrons. The van der Waals surface area contributed by atoms with Gasteiger partial charge in [-0.25, -0.2) is 0 Å². The maximum atomic E-state index is 5.46. The summed E-state index contributed by atoms with van der Waals surface area (Å²) in [6, 6.07) is 0.529. The van der Waals surface area contributed by atoms with Crippen LogP contribution in [-0.4, -0.2) is 29.5 Å². The highest BCUT2D eigenvalue weighted by atomic mass is 16.5. The van der Waals surface area contributed by atoms with E-state index in [1.54, 1.807) is 7.11 Å². The number of aromatic nitrogens is 2. The SMILES string of the molecule is COC1CC(NCc2c(C)n[nH]c2C)C1(C)C. The molecule has 1 aromatic rings. The quantitative estimate of drug-likeness (QED) is 0.841. The molecule has 0 radical (unpaired) electrons. The van der Waals surface area contributed by atoms with Gasteiger partial charge in [-0.2, -0.15) is 5.10 Å². The highest BCUT2D eigenvalue weighted by molar-refractivity contribution is 5.23. The van der Waals surface area contributed by atoms with Gasteiger partial charge in [-0.1, -0.05) is 13.8 Å². The molecule has 1 aromatic heterocycles. The average Bonchev–Trinajstić information content (AvgIpc) is 2.59. The fourth-order valence-electron chi connectivity index (χ4n) is 2.69. The van der Waals surface area contributed by atoms with Crippen molar-refractivity contribution >= 4 is 0 Å². The zero-order valence-corrected chi connectivity index (χ0v) is 11.4. The Balaban J connectivity index is 1.93. The molecule has 1 saturated carbocycles. The molecule has 2 unspecified atom stereocenters. The van der Waals surface area contributed by atoms with Gasteiger partial charge in [0.2, 0.25) is 0 Å². The Bertz CT molecular complexity index is 378. The lowest BCUT2D eigenvalue weighted by molar-refractivity contribution is -0.0979. The van der Waals surface area contributed by atoms with Crippen LogP contribution >= 0.6 is 0 Å². The molecule has 2 atom stereocenters. The maximum Gasteiger partial charge on any atom is 0.0652 e. The molecular weight excluding hydrogens is 214 g/mol. The first-order chi connectivity index (χ1) is 7.96. The van der Waals surface area contributed by atoms with E-state index >= 15 is 0 Å². The fraction of sp³-hybridized carbons (Fsp3) is 0.769. The summed E-state index contributed by atoms with van der Waals surface area (Å²) in [6.45, 7) is 9.53. The van der Waals surface area contributed by atoms with Gasteiger partial charge in [-0.15, -0.1) is 0 Å². The first kappa shape index (κ1) is 12.6. The Morgan fingerprint density at radius 3 is 2.65 bits per heavy atom. The summed E-state index contributed by atoms with van der Waals surface area (Å²) in [5, 5.41) is 10.9. The molecular formula is C13H23N3O. The summed E-state index contributed by atoms with van der Waals surface area (Å²) < 4.78 is 5.46. The van der Waals surface area contributed by atoms with Gasteiger partial charge in [0, 0.05) is 36.4 Å². The average molecular weight is 237 g/mol. The van der Waals surface area contributed by atoms with Crippen molar-refractivity contribution in [1.29, 1.82) is 0 Å². The van der Waals surface area contributed by atoms with Crippen molar-refractivity contribution in [3.05, 3.63) is 17.0 Å². The predicted octanol–water partition coefficient (Wildman–Crippen LogP) is 1.93. The number of ether oxygens (including phenoxy) is 1. The van der Waals surface area contributed by atoms with Crippen molar-refractivity contribution < 1.29 is 4.74 Å². The largest absolute Gasteiger partial charge is 0.381 e. The van der Waals surface area contributed by atoms with Gasteiger partial charge in [-0.05, 0) is 20.3 Å². The van der Waals surface area contributed by atoms with E-state index < -0.39 is 0 Å². The second-order valence-electron chi connectivity index (χ2n) is 5.63. The minimum absolute atomic E-state index is 0.223. The van der Waals surface area contributed by atoms with E-state index in [1.807, 2.05) is 6.92 Å². The predicted molar refractivity (Wildman–Crippen MR) is 67.9 cm³/mol. The van der Waals surface area contributed by atoms with Crippen molar-refractivity contribution in [2.24, 2.45) is 5.41 Å². The van der Waals surface area contributed by atoms with Crippen LogP contribution in [0.15, 0.2) is 0 Å². The second-order valence-corrected chi connectivity index (χ2v) is 5.63. The summed E-state index contributed by atoms with van der Waals surface area (Å²) in [6.07, 6.45) is 1.48. The van der Waals surface area contributed by atoms with Crippen LogP contribution < -0.4 is 5.32 Å². The molecule has 1 fully saturated rings. The Labute approximate surface area is 103 Å². The lowest BCUT2D eigenvalue weighted by atomic mass is 9.64. The third-order valence-electron chi connectivity index (χ3n) is 4.27. The third kappa shape index (κ3) is 2.11. The zero-order valence-electron chi connectivity index (χ0n) is 11.4. The van der Waals surface area contributed by atoms with Crippen molar-refractivity contribution in [1.82, 2.24) is 15.5 Å². The lowest BCUT2D eigenvalue weighted by Gasteiger charge is -2.51. The van der Waals surface area contributed by atoms with Crippen molar-refractivity contribution in [3.8, 4) is 0 Å². The molecule has 4 nitrogen and oxygen atoms in total.